The van der Waals surface area contributed by atoms with E-state index in [4.69, 9.17) is 4.74 Å². The standard InChI is InChI=1S/C24H16F3N3O2/c25-24(26,27)16-5-3-7-29-19(16)12-30-20-6-2-1-4-17(20)23(22(30)31)13-32-21-9-15-11-28-10-14(15)8-18(21)23/h1-10H,11-13H2. The van der Waals surface area contributed by atoms with Gasteiger partial charge in [-0.1, -0.05) is 18.2 Å². The molecule has 4 heterocycles. The minimum absolute atomic E-state index is 0.100. The zero-order valence-electron chi connectivity index (χ0n) is 16.7. The van der Waals surface area contributed by atoms with Crippen LogP contribution in [0.3, 0.4) is 0 Å². The second kappa shape index (κ2) is 6.41. The lowest BCUT2D eigenvalue weighted by atomic mass is 9.76. The summed E-state index contributed by atoms with van der Waals surface area (Å²) in [4.78, 5) is 23.6. The summed E-state index contributed by atoms with van der Waals surface area (Å²) in [5.41, 5.74) is 1.83. The minimum Gasteiger partial charge on any atom is -0.491 e. The summed E-state index contributed by atoms with van der Waals surface area (Å²) in [6.07, 6.45) is -1.48. The molecular formula is C24H16F3N3O2. The first-order valence-corrected chi connectivity index (χ1v) is 10.1. The van der Waals surface area contributed by atoms with Gasteiger partial charge in [0.2, 0.25) is 5.91 Å². The molecular weight excluding hydrogens is 419 g/mol. The van der Waals surface area contributed by atoms with E-state index in [-0.39, 0.29) is 24.8 Å². The molecule has 0 saturated heterocycles. The fourth-order valence-corrected chi connectivity index (χ4v) is 4.91. The summed E-state index contributed by atoms with van der Waals surface area (Å²) >= 11 is 0. The number of alkyl halides is 3. The number of halogens is 3. The third-order valence-electron chi connectivity index (χ3n) is 6.41. The van der Waals surface area contributed by atoms with Crippen LogP contribution < -0.4 is 9.64 Å². The summed E-state index contributed by atoms with van der Waals surface area (Å²) in [6.45, 7) is 0.383. The lowest BCUT2D eigenvalue weighted by Crippen LogP contribution is -2.42. The maximum atomic E-state index is 13.9. The highest BCUT2D eigenvalue weighted by Gasteiger charge is 2.57. The van der Waals surface area contributed by atoms with Gasteiger partial charge in [0.25, 0.3) is 0 Å². The quantitative estimate of drug-likeness (QED) is 0.605. The Kier molecular flexibility index (Phi) is 3.82. The highest BCUT2D eigenvalue weighted by atomic mass is 19.4. The molecule has 0 radical (unpaired) electrons. The van der Waals surface area contributed by atoms with Crippen molar-refractivity contribution >= 4 is 17.8 Å². The molecule has 3 aliphatic heterocycles. The van der Waals surface area contributed by atoms with Crippen molar-refractivity contribution in [2.75, 3.05) is 11.5 Å². The molecule has 3 aromatic rings. The van der Waals surface area contributed by atoms with Crippen molar-refractivity contribution < 1.29 is 22.7 Å². The number of aliphatic imine (C=N–C) groups is 1. The third-order valence-corrected chi connectivity index (χ3v) is 6.41. The van der Waals surface area contributed by atoms with Crippen LogP contribution in [0.25, 0.3) is 0 Å². The van der Waals surface area contributed by atoms with E-state index in [0.717, 1.165) is 28.3 Å². The molecule has 160 valence electrons. The van der Waals surface area contributed by atoms with E-state index in [2.05, 4.69) is 9.98 Å². The van der Waals surface area contributed by atoms with Crippen LogP contribution in [0.15, 0.2) is 59.7 Å². The number of aromatic nitrogens is 1. The van der Waals surface area contributed by atoms with Gasteiger partial charge in [-0.05, 0) is 47.0 Å². The average molecular weight is 435 g/mol. The summed E-state index contributed by atoms with van der Waals surface area (Å²) in [5.74, 6) is 0.305. The molecule has 3 aliphatic rings. The molecule has 1 unspecified atom stereocenters. The van der Waals surface area contributed by atoms with Gasteiger partial charge < -0.3 is 9.64 Å². The molecule has 0 N–H and O–H groups in total. The van der Waals surface area contributed by atoms with Crippen LogP contribution in [0.1, 0.15) is 33.5 Å². The van der Waals surface area contributed by atoms with Crippen molar-refractivity contribution in [1.82, 2.24) is 4.98 Å². The van der Waals surface area contributed by atoms with E-state index in [1.165, 1.54) is 17.2 Å². The van der Waals surface area contributed by atoms with Crippen molar-refractivity contribution in [2.45, 2.75) is 24.7 Å². The second-order valence-electron chi connectivity index (χ2n) is 8.11. The number of fused-ring (bicyclic) bond motifs is 5. The Balaban J connectivity index is 1.49. The van der Waals surface area contributed by atoms with Crippen molar-refractivity contribution in [2.24, 2.45) is 4.99 Å². The van der Waals surface area contributed by atoms with E-state index in [0.29, 0.717) is 18.0 Å². The molecule has 6 rings (SSSR count). The van der Waals surface area contributed by atoms with Crippen LogP contribution in [0.4, 0.5) is 18.9 Å². The molecule has 0 bridgehead atoms. The summed E-state index contributed by atoms with van der Waals surface area (Å²) in [6, 6.07) is 13.3. The van der Waals surface area contributed by atoms with Gasteiger partial charge in [-0.25, -0.2) is 0 Å². The van der Waals surface area contributed by atoms with Gasteiger partial charge in [-0.15, -0.1) is 0 Å². The fraction of sp³-hybridized carbons (Fsp3) is 0.208. The van der Waals surface area contributed by atoms with E-state index >= 15 is 0 Å². The van der Waals surface area contributed by atoms with Gasteiger partial charge >= 0.3 is 6.18 Å². The zero-order chi connectivity index (χ0) is 22.1. The average Bonchev–Trinajstić information content (AvgIpc) is 3.45. The number of benzene rings is 2. The Bertz CT molecular complexity index is 1320. The highest BCUT2D eigenvalue weighted by Crippen LogP contribution is 2.53. The maximum Gasteiger partial charge on any atom is 0.418 e. The summed E-state index contributed by atoms with van der Waals surface area (Å²) in [7, 11) is 0. The van der Waals surface area contributed by atoms with Crippen molar-refractivity contribution in [1.29, 1.82) is 0 Å². The largest absolute Gasteiger partial charge is 0.491 e. The molecule has 0 aliphatic carbocycles. The molecule has 1 spiro atoms. The summed E-state index contributed by atoms with van der Waals surface area (Å²) in [5, 5.41) is 0. The number of amides is 1. The predicted octanol–water partition coefficient (Wildman–Crippen LogP) is 4.26. The number of hydrogen-bond donors (Lipinski definition) is 0. The molecule has 32 heavy (non-hydrogen) atoms. The zero-order valence-corrected chi connectivity index (χ0v) is 16.7. The second-order valence-corrected chi connectivity index (χ2v) is 8.11. The predicted molar refractivity (Wildman–Crippen MR) is 111 cm³/mol. The first kappa shape index (κ1) is 19.0. The smallest absolute Gasteiger partial charge is 0.418 e. The molecule has 1 atom stereocenters. The summed E-state index contributed by atoms with van der Waals surface area (Å²) < 4.78 is 46.6. The first-order chi connectivity index (χ1) is 15.4. The van der Waals surface area contributed by atoms with Gasteiger partial charge in [0.1, 0.15) is 17.8 Å². The van der Waals surface area contributed by atoms with Gasteiger partial charge in [-0.3, -0.25) is 14.8 Å². The van der Waals surface area contributed by atoms with Gasteiger partial charge in [0.15, 0.2) is 0 Å². The Morgan fingerprint density at radius 1 is 1.09 bits per heavy atom. The molecule has 1 aromatic heterocycles. The highest BCUT2D eigenvalue weighted by molar-refractivity contribution is 6.11. The third kappa shape index (κ3) is 2.49. The normalized spacial score (nSPS) is 20.5. The molecule has 8 heteroatoms. The van der Waals surface area contributed by atoms with Crippen LogP contribution in [-0.4, -0.2) is 23.7 Å². The first-order valence-electron chi connectivity index (χ1n) is 10.1. The number of carbonyl (C=O) groups is 1. The van der Waals surface area contributed by atoms with Gasteiger partial charge in [0.05, 0.1) is 24.3 Å². The van der Waals surface area contributed by atoms with Crippen molar-refractivity contribution in [3.8, 4) is 5.75 Å². The lowest BCUT2D eigenvalue weighted by molar-refractivity contribution is -0.138. The van der Waals surface area contributed by atoms with E-state index in [9.17, 15) is 18.0 Å². The number of anilines is 1. The number of pyridine rings is 1. The molecule has 0 fully saturated rings. The molecule has 2 aromatic carbocycles. The van der Waals surface area contributed by atoms with Crippen molar-refractivity contribution in [3.05, 3.63) is 88.2 Å². The Hall–Kier alpha value is -3.68. The number of nitrogens with zero attached hydrogens (tertiary/aromatic N) is 3. The molecule has 5 nitrogen and oxygen atoms in total. The van der Waals surface area contributed by atoms with Crippen LogP contribution in [0, 0.1) is 0 Å². The van der Waals surface area contributed by atoms with E-state index in [1.807, 2.05) is 24.3 Å². The number of para-hydroxylation sites is 1. The topological polar surface area (TPSA) is 54.8 Å². The molecule has 1 amide bonds. The van der Waals surface area contributed by atoms with Crippen LogP contribution in [0.2, 0.25) is 0 Å². The maximum absolute atomic E-state index is 13.9. The number of rotatable bonds is 2. The van der Waals surface area contributed by atoms with Crippen LogP contribution >= 0.6 is 0 Å². The Labute approximate surface area is 181 Å². The minimum atomic E-state index is -4.56. The Morgan fingerprint density at radius 2 is 1.94 bits per heavy atom. The monoisotopic (exact) mass is 435 g/mol. The number of carbonyl (C=O) groups excluding carboxylic acids is 1. The van der Waals surface area contributed by atoms with Crippen LogP contribution in [-0.2, 0) is 29.5 Å². The van der Waals surface area contributed by atoms with Crippen molar-refractivity contribution in [3.63, 3.8) is 0 Å². The fourth-order valence-electron chi connectivity index (χ4n) is 4.91. The molecule has 0 saturated carbocycles. The SMILES string of the molecule is O=C1N(Cc2ncccc2C(F)(F)F)c2ccccc2C12COc1cc3c(cc12)C=NC3. The number of ether oxygens (including phenoxy) is 1. The Morgan fingerprint density at radius 3 is 2.78 bits per heavy atom. The van der Waals surface area contributed by atoms with E-state index < -0.39 is 17.2 Å². The van der Waals surface area contributed by atoms with Gasteiger partial charge in [0, 0.05) is 23.7 Å². The van der Waals surface area contributed by atoms with Gasteiger partial charge in [-0.2, -0.15) is 13.2 Å². The number of hydrogen-bond acceptors (Lipinski definition) is 4. The van der Waals surface area contributed by atoms with Crippen LogP contribution in [0.5, 0.6) is 5.75 Å². The lowest BCUT2D eigenvalue weighted by Gasteiger charge is -2.24. The van der Waals surface area contributed by atoms with E-state index in [1.54, 1.807) is 18.3 Å².